The molecule has 0 bridgehead atoms. The van der Waals surface area contributed by atoms with E-state index < -0.39 is 36.9 Å². The van der Waals surface area contributed by atoms with Crippen molar-refractivity contribution in [2.24, 2.45) is 11.8 Å². The molecule has 2 saturated carbocycles. The van der Waals surface area contributed by atoms with Crippen molar-refractivity contribution in [1.29, 1.82) is 0 Å². The summed E-state index contributed by atoms with van der Waals surface area (Å²) >= 11 is 0. The minimum Gasteiger partial charge on any atom is -0.315 e. The van der Waals surface area contributed by atoms with Crippen LogP contribution in [-0.2, 0) is 28.0 Å². The van der Waals surface area contributed by atoms with Gasteiger partial charge in [-0.3, -0.25) is 0 Å². The van der Waals surface area contributed by atoms with Gasteiger partial charge in [0.1, 0.15) is 0 Å². The van der Waals surface area contributed by atoms with Crippen LogP contribution in [0.2, 0.25) is 39.3 Å². The molecule has 0 aromatic heterocycles. The molecule has 0 aliphatic heterocycles. The third kappa shape index (κ3) is 7.19. The van der Waals surface area contributed by atoms with Crippen molar-refractivity contribution in [2.45, 2.75) is 101 Å². The Balaban J connectivity index is 1.86. The number of rotatable bonds is 7. The maximum atomic E-state index is 12.5. The van der Waals surface area contributed by atoms with Gasteiger partial charge in [-0.1, -0.05) is 0 Å². The Morgan fingerprint density at radius 2 is 0.786 bits per heavy atom. The summed E-state index contributed by atoms with van der Waals surface area (Å²) in [4.78, 5) is 0. The predicted octanol–water partition coefficient (Wildman–Crippen LogP) is 4.47. The monoisotopic (exact) mass is 470 g/mol. The standard InChI is InChI=1S/C18H38O6S2Si2/c1-27(2,3)23-25(19,20)17-11-7-15(8-12-17)16-9-13-18(14-10-16)26(21,22)24-28(4,5)6/h15-18H,7-14H2,1-6H3. The minimum atomic E-state index is -3.47. The number of hydrogen-bond acceptors (Lipinski definition) is 6. The topological polar surface area (TPSA) is 86.7 Å². The van der Waals surface area contributed by atoms with Crippen LogP contribution in [0.3, 0.4) is 0 Å². The van der Waals surface area contributed by atoms with Crippen molar-refractivity contribution in [3.05, 3.63) is 0 Å². The molecule has 0 radical (unpaired) electrons. The lowest BCUT2D eigenvalue weighted by Crippen LogP contribution is -2.39. The molecule has 28 heavy (non-hydrogen) atoms. The molecule has 0 heterocycles. The van der Waals surface area contributed by atoms with Crippen LogP contribution in [0.5, 0.6) is 0 Å². The molecule has 6 nitrogen and oxygen atoms in total. The van der Waals surface area contributed by atoms with Gasteiger partial charge in [-0.25, -0.2) is 16.8 Å². The molecule has 0 N–H and O–H groups in total. The molecular weight excluding hydrogens is 432 g/mol. The molecule has 0 aromatic carbocycles. The predicted molar refractivity (Wildman–Crippen MR) is 118 cm³/mol. The fourth-order valence-corrected chi connectivity index (χ4v) is 12.9. The zero-order valence-electron chi connectivity index (χ0n) is 18.2. The molecule has 0 amide bonds. The van der Waals surface area contributed by atoms with E-state index in [9.17, 15) is 16.8 Å². The molecule has 2 rings (SSSR count). The van der Waals surface area contributed by atoms with Gasteiger partial charge < -0.3 is 7.74 Å². The normalized spacial score (nSPS) is 30.9. The Labute approximate surface area is 174 Å². The fourth-order valence-electron chi connectivity index (χ4n) is 4.53. The fraction of sp³-hybridized carbons (Fsp3) is 1.00. The largest absolute Gasteiger partial charge is 0.315 e. The third-order valence-electron chi connectivity index (χ3n) is 5.65. The van der Waals surface area contributed by atoms with E-state index in [1.807, 2.05) is 39.3 Å². The zero-order valence-corrected chi connectivity index (χ0v) is 21.9. The van der Waals surface area contributed by atoms with Gasteiger partial charge >= 0.3 is 0 Å². The van der Waals surface area contributed by atoms with Gasteiger partial charge in [0.25, 0.3) is 20.2 Å². The van der Waals surface area contributed by atoms with Crippen LogP contribution in [0.4, 0.5) is 0 Å². The summed E-state index contributed by atoms with van der Waals surface area (Å²) < 4.78 is 60.9. The first-order valence-corrected chi connectivity index (χ1v) is 20.2. The molecule has 0 atom stereocenters. The van der Waals surface area contributed by atoms with Crippen LogP contribution in [0, 0.1) is 11.8 Å². The molecule has 2 fully saturated rings. The quantitative estimate of drug-likeness (QED) is 0.510. The summed E-state index contributed by atoms with van der Waals surface area (Å²) in [6, 6.07) is 0. The van der Waals surface area contributed by atoms with Gasteiger partial charge in [0.2, 0.25) is 16.6 Å². The highest BCUT2D eigenvalue weighted by Crippen LogP contribution is 2.41. The van der Waals surface area contributed by atoms with Gasteiger partial charge in [-0.05, 0) is 102 Å². The van der Waals surface area contributed by atoms with Crippen molar-refractivity contribution in [1.82, 2.24) is 0 Å². The van der Waals surface area contributed by atoms with E-state index in [4.69, 9.17) is 7.74 Å². The van der Waals surface area contributed by atoms with Crippen molar-refractivity contribution in [3.8, 4) is 0 Å². The van der Waals surface area contributed by atoms with E-state index in [1.165, 1.54) is 0 Å². The highest BCUT2D eigenvalue weighted by Gasteiger charge is 2.40. The van der Waals surface area contributed by atoms with E-state index in [1.54, 1.807) is 0 Å². The first-order chi connectivity index (χ1) is 12.6. The first kappa shape index (κ1) is 24.5. The van der Waals surface area contributed by atoms with Crippen molar-refractivity contribution >= 4 is 36.9 Å². The van der Waals surface area contributed by atoms with Gasteiger partial charge in [-0.2, -0.15) is 0 Å². The lowest BCUT2D eigenvalue weighted by molar-refractivity contribution is 0.194. The van der Waals surface area contributed by atoms with Crippen LogP contribution in [0.25, 0.3) is 0 Å². The van der Waals surface area contributed by atoms with Gasteiger partial charge in [-0.15, -0.1) is 0 Å². The van der Waals surface area contributed by atoms with Gasteiger partial charge in [0.05, 0.1) is 10.5 Å². The Morgan fingerprint density at radius 1 is 0.536 bits per heavy atom. The minimum absolute atomic E-state index is 0.377. The first-order valence-electron chi connectivity index (χ1n) is 10.5. The summed E-state index contributed by atoms with van der Waals surface area (Å²) in [6.07, 6.45) is 6.23. The maximum Gasteiger partial charge on any atom is 0.260 e. The molecule has 2 aliphatic rings. The van der Waals surface area contributed by atoms with E-state index in [-0.39, 0.29) is 10.5 Å². The molecular formula is C18H38O6S2Si2. The Hall–Kier alpha value is 0.254. The summed E-state index contributed by atoms with van der Waals surface area (Å²) in [6.45, 7) is 11.4. The van der Waals surface area contributed by atoms with Crippen LogP contribution < -0.4 is 0 Å². The van der Waals surface area contributed by atoms with Crippen LogP contribution >= 0.6 is 0 Å². The molecule has 0 saturated heterocycles. The molecule has 0 spiro atoms. The molecule has 0 unspecified atom stereocenters. The summed E-state index contributed by atoms with van der Waals surface area (Å²) in [5.74, 6) is 1.000. The second kappa shape index (κ2) is 8.78. The van der Waals surface area contributed by atoms with E-state index in [0.29, 0.717) is 37.5 Å². The Morgan fingerprint density at radius 3 is 1.00 bits per heavy atom. The SMILES string of the molecule is C[Si](C)(C)OS(=O)(=O)C1CCC(C2CCC(S(=O)(=O)O[Si](C)(C)C)CC2)CC1. The van der Waals surface area contributed by atoms with Crippen LogP contribution in [0.1, 0.15) is 51.4 Å². The average Bonchev–Trinajstić information content (AvgIpc) is 2.51. The third-order valence-corrected chi connectivity index (χ3v) is 14.1. The molecule has 166 valence electrons. The maximum absolute atomic E-state index is 12.5. The summed E-state index contributed by atoms with van der Waals surface area (Å²) in [5, 5.41) is -0.755. The molecule has 2 aliphatic carbocycles. The number of hydrogen-bond donors (Lipinski definition) is 0. The highest BCUT2D eigenvalue weighted by atomic mass is 32.2. The van der Waals surface area contributed by atoms with E-state index in [0.717, 1.165) is 25.7 Å². The Bertz CT molecular complexity index is 657. The van der Waals surface area contributed by atoms with E-state index in [2.05, 4.69) is 0 Å². The lowest BCUT2D eigenvalue weighted by atomic mass is 9.73. The highest BCUT2D eigenvalue weighted by molar-refractivity contribution is 7.88. The summed E-state index contributed by atoms with van der Waals surface area (Å²) in [7, 11) is -11.2. The van der Waals surface area contributed by atoms with Crippen LogP contribution in [0.15, 0.2) is 0 Å². The van der Waals surface area contributed by atoms with Crippen molar-refractivity contribution < 1.29 is 24.6 Å². The zero-order chi connectivity index (χ0) is 21.4. The molecule has 10 heteroatoms. The average molecular weight is 471 g/mol. The van der Waals surface area contributed by atoms with Gasteiger partial charge in [0, 0.05) is 0 Å². The smallest absolute Gasteiger partial charge is 0.260 e. The van der Waals surface area contributed by atoms with Crippen molar-refractivity contribution in [2.75, 3.05) is 0 Å². The second-order valence-corrected chi connectivity index (χ2v) is 23.5. The van der Waals surface area contributed by atoms with E-state index >= 15 is 0 Å². The van der Waals surface area contributed by atoms with Crippen molar-refractivity contribution in [3.63, 3.8) is 0 Å². The van der Waals surface area contributed by atoms with Crippen LogP contribution in [-0.4, -0.2) is 44.0 Å². The van der Waals surface area contributed by atoms with Gasteiger partial charge in [0.15, 0.2) is 0 Å². The summed E-state index contributed by atoms with van der Waals surface area (Å²) in [5.41, 5.74) is 0. The Kier molecular flexibility index (Phi) is 7.69. The molecule has 0 aromatic rings. The lowest BCUT2D eigenvalue weighted by Gasteiger charge is -2.38. The second-order valence-electron chi connectivity index (χ2n) is 10.5.